The lowest BCUT2D eigenvalue weighted by molar-refractivity contribution is 0.370. The molecule has 0 atom stereocenters. The van der Waals surface area contributed by atoms with Crippen molar-refractivity contribution in [2.75, 3.05) is 40.0 Å². The van der Waals surface area contributed by atoms with E-state index in [0.717, 1.165) is 12.6 Å². The average molecular weight is 289 g/mol. The second-order valence-corrected chi connectivity index (χ2v) is 6.71. The van der Waals surface area contributed by atoms with Gasteiger partial charge in [0.2, 0.25) is 10.0 Å². The molecule has 0 aliphatic carbocycles. The van der Waals surface area contributed by atoms with Crippen LogP contribution in [-0.4, -0.2) is 51.9 Å². The summed E-state index contributed by atoms with van der Waals surface area (Å²) in [5, 5.41) is 0. The highest BCUT2D eigenvalue weighted by Gasteiger charge is 2.21. The van der Waals surface area contributed by atoms with Gasteiger partial charge in [0.15, 0.2) is 0 Å². The number of hydrogen-bond acceptors (Lipinski definition) is 4. The van der Waals surface area contributed by atoms with E-state index in [2.05, 4.69) is 0 Å². The standard InChI is InChI=1S/C12H20FN3O2S/c1-15(2)7-4-8-16(3)19(17,18)10-5-6-12(14)11(13)9-10/h5-6,9H,4,7-8,14H2,1-3H3. The first-order chi connectivity index (χ1) is 8.75. The number of anilines is 1. The van der Waals surface area contributed by atoms with E-state index in [9.17, 15) is 12.8 Å². The maximum Gasteiger partial charge on any atom is 0.242 e. The van der Waals surface area contributed by atoms with Crippen LogP contribution in [0.5, 0.6) is 0 Å². The van der Waals surface area contributed by atoms with Crippen LogP contribution in [0.4, 0.5) is 10.1 Å². The highest BCUT2D eigenvalue weighted by molar-refractivity contribution is 7.89. The van der Waals surface area contributed by atoms with Gasteiger partial charge in [0.25, 0.3) is 0 Å². The molecule has 5 nitrogen and oxygen atoms in total. The third-order valence-electron chi connectivity index (χ3n) is 2.76. The fourth-order valence-corrected chi connectivity index (χ4v) is 2.80. The summed E-state index contributed by atoms with van der Waals surface area (Å²) in [7, 11) is 1.67. The van der Waals surface area contributed by atoms with E-state index >= 15 is 0 Å². The Morgan fingerprint density at radius 3 is 2.37 bits per heavy atom. The largest absolute Gasteiger partial charge is 0.396 e. The van der Waals surface area contributed by atoms with E-state index in [1.807, 2.05) is 19.0 Å². The molecule has 19 heavy (non-hydrogen) atoms. The van der Waals surface area contributed by atoms with Gasteiger partial charge in [-0.05, 0) is 45.3 Å². The molecule has 0 saturated carbocycles. The van der Waals surface area contributed by atoms with Crippen molar-refractivity contribution in [3.05, 3.63) is 24.0 Å². The predicted molar refractivity (Wildman–Crippen MR) is 73.8 cm³/mol. The fraction of sp³-hybridized carbons (Fsp3) is 0.500. The Balaban J connectivity index is 2.81. The SMILES string of the molecule is CN(C)CCCN(C)S(=O)(=O)c1ccc(N)c(F)c1. The lowest BCUT2D eigenvalue weighted by Crippen LogP contribution is -2.30. The number of hydrogen-bond donors (Lipinski definition) is 1. The smallest absolute Gasteiger partial charge is 0.242 e. The molecule has 0 aliphatic rings. The van der Waals surface area contributed by atoms with E-state index in [0.29, 0.717) is 13.0 Å². The normalized spacial score (nSPS) is 12.3. The molecule has 7 heteroatoms. The van der Waals surface area contributed by atoms with E-state index in [1.54, 1.807) is 0 Å². The Labute approximate surface area is 113 Å². The molecule has 0 aromatic heterocycles. The molecule has 0 bridgehead atoms. The van der Waals surface area contributed by atoms with Gasteiger partial charge in [-0.15, -0.1) is 0 Å². The Morgan fingerprint density at radius 2 is 1.84 bits per heavy atom. The minimum atomic E-state index is -3.66. The zero-order chi connectivity index (χ0) is 14.6. The summed E-state index contributed by atoms with van der Waals surface area (Å²) in [4.78, 5) is 1.90. The lowest BCUT2D eigenvalue weighted by Gasteiger charge is -2.18. The Kier molecular flexibility index (Phi) is 5.28. The molecule has 2 N–H and O–H groups in total. The summed E-state index contributed by atoms with van der Waals surface area (Å²) in [5.41, 5.74) is 5.27. The van der Waals surface area contributed by atoms with Crippen LogP contribution in [0.25, 0.3) is 0 Å². The minimum Gasteiger partial charge on any atom is -0.396 e. The van der Waals surface area contributed by atoms with Gasteiger partial charge in [-0.1, -0.05) is 0 Å². The van der Waals surface area contributed by atoms with E-state index in [1.165, 1.54) is 23.5 Å². The van der Waals surface area contributed by atoms with Gasteiger partial charge in [-0.2, -0.15) is 0 Å². The van der Waals surface area contributed by atoms with Crippen molar-refractivity contribution in [3.63, 3.8) is 0 Å². The highest BCUT2D eigenvalue weighted by Crippen LogP contribution is 2.19. The van der Waals surface area contributed by atoms with Gasteiger partial charge in [0, 0.05) is 13.6 Å². The van der Waals surface area contributed by atoms with Gasteiger partial charge in [0.05, 0.1) is 10.6 Å². The summed E-state index contributed by atoms with van der Waals surface area (Å²) >= 11 is 0. The molecule has 0 fully saturated rings. The van der Waals surface area contributed by atoms with Gasteiger partial charge < -0.3 is 10.6 Å². The molecule has 0 spiro atoms. The molecule has 1 aromatic rings. The predicted octanol–water partition coefficient (Wildman–Crippen LogP) is 0.980. The summed E-state index contributed by atoms with van der Waals surface area (Å²) < 4.78 is 38.9. The third-order valence-corrected chi connectivity index (χ3v) is 4.61. The Bertz CT molecular complexity index is 532. The quantitative estimate of drug-likeness (QED) is 0.793. The number of nitrogens with zero attached hydrogens (tertiary/aromatic N) is 2. The van der Waals surface area contributed by atoms with Crippen LogP contribution in [0.1, 0.15) is 6.42 Å². The molecule has 0 radical (unpaired) electrons. The van der Waals surface area contributed by atoms with Crippen molar-refractivity contribution in [3.8, 4) is 0 Å². The van der Waals surface area contributed by atoms with Crippen LogP contribution in [0.2, 0.25) is 0 Å². The molecule has 108 valence electrons. The van der Waals surface area contributed by atoms with Crippen LogP contribution in [-0.2, 0) is 10.0 Å². The Hall–Kier alpha value is -1.18. The van der Waals surface area contributed by atoms with Gasteiger partial charge in [-0.25, -0.2) is 17.1 Å². The third kappa shape index (κ3) is 4.15. The van der Waals surface area contributed by atoms with Gasteiger partial charge in [-0.3, -0.25) is 0 Å². The number of sulfonamides is 1. The summed E-state index contributed by atoms with van der Waals surface area (Å²) in [6, 6.07) is 3.53. The monoisotopic (exact) mass is 289 g/mol. The first-order valence-corrected chi connectivity index (χ1v) is 7.35. The van der Waals surface area contributed by atoms with Crippen molar-refractivity contribution in [1.29, 1.82) is 0 Å². The van der Waals surface area contributed by atoms with Crippen molar-refractivity contribution >= 4 is 15.7 Å². The highest BCUT2D eigenvalue weighted by atomic mass is 32.2. The molecule has 0 amide bonds. The topological polar surface area (TPSA) is 66.6 Å². The zero-order valence-corrected chi connectivity index (χ0v) is 12.2. The van der Waals surface area contributed by atoms with Crippen LogP contribution < -0.4 is 5.73 Å². The maximum absolute atomic E-state index is 13.3. The summed E-state index contributed by atoms with van der Waals surface area (Å²) in [5.74, 6) is -0.720. The van der Waals surface area contributed by atoms with Crippen molar-refractivity contribution in [2.45, 2.75) is 11.3 Å². The van der Waals surface area contributed by atoms with Crippen molar-refractivity contribution in [1.82, 2.24) is 9.21 Å². The van der Waals surface area contributed by atoms with Crippen LogP contribution in [0.3, 0.4) is 0 Å². The Morgan fingerprint density at radius 1 is 1.21 bits per heavy atom. The molecular weight excluding hydrogens is 269 g/mol. The molecule has 0 unspecified atom stereocenters. The number of halogens is 1. The first-order valence-electron chi connectivity index (χ1n) is 5.91. The van der Waals surface area contributed by atoms with E-state index in [-0.39, 0.29) is 10.6 Å². The summed E-state index contributed by atoms with van der Waals surface area (Å²) in [6.45, 7) is 1.17. The second-order valence-electron chi connectivity index (χ2n) is 4.67. The summed E-state index contributed by atoms with van der Waals surface area (Å²) in [6.07, 6.45) is 0.709. The molecular formula is C12H20FN3O2S. The van der Waals surface area contributed by atoms with Crippen LogP contribution in [0, 0.1) is 5.82 Å². The van der Waals surface area contributed by atoms with Crippen LogP contribution >= 0.6 is 0 Å². The van der Waals surface area contributed by atoms with Crippen molar-refractivity contribution in [2.24, 2.45) is 0 Å². The molecule has 1 aromatic carbocycles. The first kappa shape index (κ1) is 15.9. The van der Waals surface area contributed by atoms with Crippen molar-refractivity contribution < 1.29 is 12.8 Å². The van der Waals surface area contributed by atoms with E-state index < -0.39 is 15.8 Å². The van der Waals surface area contributed by atoms with Gasteiger partial charge in [0.1, 0.15) is 5.82 Å². The average Bonchev–Trinajstić information content (AvgIpc) is 2.31. The molecule has 0 heterocycles. The zero-order valence-electron chi connectivity index (χ0n) is 11.4. The second kappa shape index (κ2) is 6.31. The molecule has 0 aliphatic heterocycles. The minimum absolute atomic E-state index is 0.0609. The molecule has 1 rings (SSSR count). The number of rotatable bonds is 6. The lowest BCUT2D eigenvalue weighted by atomic mass is 10.3. The fourth-order valence-electron chi connectivity index (χ4n) is 1.58. The number of nitrogen functional groups attached to an aromatic ring is 1. The number of benzene rings is 1. The maximum atomic E-state index is 13.3. The van der Waals surface area contributed by atoms with Gasteiger partial charge >= 0.3 is 0 Å². The molecule has 0 saturated heterocycles. The van der Waals surface area contributed by atoms with E-state index in [4.69, 9.17) is 5.73 Å². The number of nitrogens with two attached hydrogens (primary N) is 1. The van der Waals surface area contributed by atoms with Crippen LogP contribution in [0.15, 0.2) is 23.1 Å².